The van der Waals surface area contributed by atoms with Gasteiger partial charge in [-0.25, -0.2) is 19.1 Å². The Labute approximate surface area is 181 Å². The van der Waals surface area contributed by atoms with E-state index in [2.05, 4.69) is 4.98 Å². The molecule has 0 aliphatic rings. The number of rotatable bonds is 9. The number of hydrogen-bond acceptors (Lipinski definition) is 7. The molecule has 9 heteroatoms. The molecule has 0 amide bonds. The molecule has 0 aliphatic heterocycles. The zero-order chi connectivity index (χ0) is 23.2. The number of nitrogens with zero attached hydrogens (tertiary/aromatic N) is 3. The first-order valence-electron chi connectivity index (χ1n) is 10.4. The Morgan fingerprint density at radius 3 is 2.35 bits per heavy atom. The molecule has 1 unspecified atom stereocenters. The van der Waals surface area contributed by atoms with Crippen LogP contribution in [0.3, 0.4) is 0 Å². The largest absolute Gasteiger partial charge is 0.481 e. The standard InChI is InChI=1S/C22H31N3O6/c1-6-11-24(12-7-2)31-20(28)16(19(26)27)13-15-9-8-10-17-18(15)23-14-25(17)21(29)30-22(3,4)5/h8-10,14,16H,6-7,11-13H2,1-5H3,(H,26,27). The number of aromatic nitrogens is 2. The first-order chi connectivity index (χ1) is 14.6. The molecule has 1 N–H and O–H groups in total. The van der Waals surface area contributed by atoms with Crippen molar-refractivity contribution in [2.45, 2.75) is 59.5 Å². The Bertz CT molecular complexity index is 925. The zero-order valence-electron chi connectivity index (χ0n) is 18.8. The maximum atomic E-state index is 12.6. The second-order valence-corrected chi connectivity index (χ2v) is 8.31. The van der Waals surface area contributed by atoms with Gasteiger partial charge in [0.2, 0.25) is 0 Å². The first kappa shape index (κ1) is 24.3. The number of carboxylic acid groups (broad SMARTS) is 1. The highest BCUT2D eigenvalue weighted by Crippen LogP contribution is 2.23. The maximum absolute atomic E-state index is 12.6. The summed E-state index contributed by atoms with van der Waals surface area (Å²) >= 11 is 0. The molecule has 2 aromatic rings. The number of hydrogen-bond donors (Lipinski definition) is 1. The minimum atomic E-state index is -1.39. The fourth-order valence-corrected chi connectivity index (χ4v) is 3.10. The van der Waals surface area contributed by atoms with E-state index in [-0.39, 0.29) is 6.42 Å². The summed E-state index contributed by atoms with van der Waals surface area (Å²) in [5, 5.41) is 11.1. The van der Waals surface area contributed by atoms with Crippen molar-refractivity contribution in [3.63, 3.8) is 0 Å². The molecule has 2 rings (SSSR count). The van der Waals surface area contributed by atoms with E-state index < -0.39 is 29.6 Å². The van der Waals surface area contributed by atoms with Crippen molar-refractivity contribution < 1.29 is 29.1 Å². The quantitative estimate of drug-likeness (QED) is 0.471. The number of fused-ring (bicyclic) bond motifs is 1. The van der Waals surface area contributed by atoms with Crippen LogP contribution in [0.4, 0.5) is 4.79 Å². The molecule has 1 atom stereocenters. The van der Waals surface area contributed by atoms with Crippen LogP contribution in [0.2, 0.25) is 0 Å². The van der Waals surface area contributed by atoms with Crippen molar-refractivity contribution in [1.82, 2.24) is 14.6 Å². The van der Waals surface area contributed by atoms with Gasteiger partial charge in [0.15, 0.2) is 5.92 Å². The molecule has 0 fully saturated rings. The summed E-state index contributed by atoms with van der Waals surface area (Å²) in [6, 6.07) is 5.06. The molecule has 0 radical (unpaired) electrons. The summed E-state index contributed by atoms with van der Waals surface area (Å²) < 4.78 is 6.65. The molecule has 1 aromatic carbocycles. The number of imidazole rings is 1. The van der Waals surface area contributed by atoms with E-state index in [4.69, 9.17) is 9.57 Å². The monoisotopic (exact) mass is 433 g/mol. The van der Waals surface area contributed by atoms with Gasteiger partial charge in [-0.15, -0.1) is 5.06 Å². The minimum absolute atomic E-state index is 0.108. The number of carboxylic acids is 1. The highest BCUT2D eigenvalue weighted by Gasteiger charge is 2.31. The summed E-state index contributed by atoms with van der Waals surface area (Å²) in [4.78, 5) is 46.5. The molecule has 31 heavy (non-hydrogen) atoms. The van der Waals surface area contributed by atoms with E-state index in [1.807, 2.05) is 13.8 Å². The Morgan fingerprint density at radius 1 is 1.16 bits per heavy atom. The predicted molar refractivity (Wildman–Crippen MR) is 114 cm³/mol. The van der Waals surface area contributed by atoms with Gasteiger partial charge in [0.1, 0.15) is 11.9 Å². The Balaban J connectivity index is 2.28. The smallest absolute Gasteiger partial charge is 0.420 e. The van der Waals surface area contributed by atoms with Crippen LogP contribution in [0, 0.1) is 5.92 Å². The highest BCUT2D eigenvalue weighted by atomic mass is 16.7. The molecule has 0 saturated heterocycles. The number of aliphatic carboxylic acids is 1. The minimum Gasteiger partial charge on any atom is -0.481 e. The molecule has 0 spiro atoms. The second-order valence-electron chi connectivity index (χ2n) is 8.31. The Kier molecular flexibility index (Phi) is 8.15. The van der Waals surface area contributed by atoms with Crippen molar-refractivity contribution in [3.05, 3.63) is 30.1 Å². The molecule has 0 bridgehead atoms. The normalized spacial score (nSPS) is 12.7. The van der Waals surface area contributed by atoms with Crippen LogP contribution in [-0.4, -0.2) is 56.4 Å². The molecular formula is C22H31N3O6. The number of benzene rings is 1. The molecule has 0 aliphatic carbocycles. The van der Waals surface area contributed by atoms with Crippen LogP contribution in [-0.2, 0) is 25.6 Å². The van der Waals surface area contributed by atoms with Crippen LogP contribution in [0.5, 0.6) is 0 Å². The molecule has 1 aromatic heterocycles. The third kappa shape index (κ3) is 6.52. The third-order valence-corrected chi connectivity index (χ3v) is 4.42. The van der Waals surface area contributed by atoms with Gasteiger partial charge in [0.05, 0.1) is 11.0 Å². The summed E-state index contributed by atoms with van der Waals surface area (Å²) in [5.41, 5.74) is 0.766. The average molecular weight is 434 g/mol. The second kappa shape index (κ2) is 10.4. The Morgan fingerprint density at radius 2 is 1.81 bits per heavy atom. The van der Waals surface area contributed by atoms with Crippen LogP contribution in [0.25, 0.3) is 11.0 Å². The fraction of sp³-hybridized carbons (Fsp3) is 0.545. The van der Waals surface area contributed by atoms with Gasteiger partial charge in [-0.05, 0) is 51.7 Å². The van der Waals surface area contributed by atoms with Gasteiger partial charge >= 0.3 is 18.0 Å². The molecule has 0 saturated carbocycles. The van der Waals surface area contributed by atoms with Crippen molar-refractivity contribution in [2.24, 2.45) is 5.92 Å². The lowest BCUT2D eigenvalue weighted by Crippen LogP contribution is -2.36. The predicted octanol–water partition coefficient (Wildman–Crippen LogP) is 3.64. The van der Waals surface area contributed by atoms with E-state index in [1.54, 1.807) is 39.0 Å². The van der Waals surface area contributed by atoms with Gasteiger partial charge in [0.25, 0.3) is 0 Å². The number of carbonyl (C=O) groups is 3. The van der Waals surface area contributed by atoms with Crippen molar-refractivity contribution in [1.29, 1.82) is 0 Å². The average Bonchev–Trinajstić information content (AvgIpc) is 3.09. The van der Waals surface area contributed by atoms with Crippen LogP contribution in [0.15, 0.2) is 24.5 Å². The lowest BCUT2D eigenvalue weighted by Gasteiger charge is -2.22. The van der Waals surface area contributed by atoms with Gasteiger partial charge < -0.3 is 14.7 Å². The van der Waals surface area contributed by atoms with Crippen LogP contribution >= 0.6 is 0 Å². The summed E-state index contributed by atoms with van der Waals surface area (Å²) in [6.45, 7) is 10.2. The van der Waals surface area contributed by atoms with Gasteiger partial charge in [0, 0.05) is 13.1 Å². The van der Waals surface area contributed by atoms with E-state index in [1.165, 1.54) is 16.0 Å². The Hall–Kier alpha value is -2.94. The highest BCUT2D eigenvalue weighted by molar-refractivity contribution is 5.95. The van der Waals surface area contributed by atoms with E-state index >= 15 is 0 Å². The van der Waals surface area contributed by atoms with Gasteiger partial charge in [-0.1, -0.05) is 26.0 Å². The molecule has 9 nitrogen and oxygen atoms in total. The lowest BCUT2D eigenvalue weighted by atomic mass is 9.98. The van der Waals surface area contributed by atoms with Crippen molar-refractivity contribution in [2.75, 3.05) is 13.1 Å². The van der Waals surface area contributed by atoms with Crippen LogP contribution in [0.1, 0.15) is 53.0 Å². The fourth-order valence-electron chi connectivity index (χ4n) is 3.10. The lowest BCUT2D eigenvalue weighted by molar-refractivity contribution is -0.198. The summed E-state index contributed by atoms with van der Waals surface area (Å²) in [5.74, 6) is -3.49. The summed E-state index contributed by atoms with van der Waals surface area (Å²) in [6.07, 6.45) is 2.18. The van der Waals surface area contributed by atoms with Gasteiger partial charge in [-0.3, -0.25) is 4.79 Å². The maximum Gasteiger partial charge on any atom is 0.420 e. The SMILES string of the molecule is CCCN(CCC)OC(=O)C(Cc1cccc2c1ncn2C(=O)OC(C)(C)C)C(=O)O. The van der Waals surface area contributed by atoms with Crippen LogP contribution < -0.4 is 0 Å². The number of hydroxylamine groups is 2. The van der Waals surface area contributed by atoms with Gasteiger partial charge in [-0.2, -0.15) is 0 Å². The number of para-hydroxylation sites is 1. The van der Waals surface area contributed by atoms with E-state index in [0.717, 1.165) is 12.8 Å². The third-order valence-electron chi connectivity index (χ3n) is 4.42. The molecular weight excluding hydrogens is 402 g/mol. The first-order valence-corrected chi connectivity index (χ1v) is 10.4. The summed E-state index contributed by atoms with van der Waals surface area (Å²) in [7, 11) is 0. The number of carbonyl (C=O) groups excluding carboxylic acids is 2. The molecule has 1 heterocycles. The number of ether oxygens (including phenoxy) is 1. The van der Waals surface area contributed by atoms with E-state index in [9.17, 15) is 19.5 Å². The molecule has 170 valence electrons. The van der Waals surface area contributed by atoms with Crippen molar-refractivity contribution >= 4 is 29.1 Å². The topological polar surface area (TPSA) is 111 Å². The van der Waals surface area contributed by atoms with Crippen molar-refractivity contribution in [3.8, 4) is 0 Å². The zero-order valence-corrected chi connectivity index (χ0v) is 18.8. The van der Waals surface area contributed by atoms with E-state index in [0.29, 0.717) is 29.7 Å².